The second kappa shape index (κ2) is 4.82. The summed E-state index contributed by atoms with van der Waals surface area (Å²) in [5.74, 6) is -1.54. The van der Waals surface area contributed by atoms with E-state index in [0.717, 1.165) is 0 Å². The highest BCUT2D eigenvalue weighted by Gasteiger charge is 2.20. The summed E-state index contributed by atoms with van der Waals surface area (Å²) in [5, 5.41) is 0. The Morgan fingerprint density at radius 2 is 2.20 bits per heavy atom. The Morgan fingerprint density at radius 3 is 2.73 bits per heavy atom. The Bertz CT molecular complexity index is 366. The van der Waals surface area contributed by atoms with Gasteiger partial charge in [0.25, 0.3) is 0 Å². The van der Waals surface area contributed by atoms with E-state index in [1.54, 1.807) is 20.8 Å². The number of hydrogen-bond acceptors (Lipinski definition) is 4. The lowest BCUT2D eigenvalue weighted by molar-refractivity contribution is 0.0512. The first-order valence-electron chi connectivity index (χ1n) is 4.75. The molecule has 0 spiro atoms. The minimum atomic E-state index is -0.751. The summed E-state index contributed by atoms with van der Waals surface area (Å²) in [6.45, 7) is 5.43. The van der Waals surface area contributed by atoms with Gasteiger partial charge in [0.2, 0.25) is 0 Å². The summed E-state index contributed by atoms with van der Waals surface area (Å²) in [6.07, 6.45) is 1.17. The van der Waals surface area contributed by atoms with Gasteiger partial charge in [0.15, 0.2) is 11.5 Å². The molecule has 5 heteroatoms. The van der Waals surface area contributed by atoms with Gasteiger partial charge in [0.1, 0.15) is 6.33 Å². The van der Waals surface area contributed by atoms with Crippen LogP contribution in [0.3, 0.4) is 0 Å². The number of esters is 1. The molecule has 0 bridgehead atoms. The molecule has 1 aromatic heterocycles. The van der Waals surface area contributed by atoms with Crippen LogP contribution in [0.25, 0.3) is 0 Å². The highest BCUT2D eigenvalue weighted by atomic mass is 19.1. The maximum Gasteiger partial charge on any atom is 0.360 e. The van der Waals surface area contributed by atoms with Gasteiger partial charge in [-0.15, -0.1) is 0 Å². The Morgan fingerprint density at radius 1 is 1.53 bits per heavy atom. The Hall–Kier alpha value is -1.52. The molecule has 1 aromatic rings. The first kappa shape index (κ1) is 11.6. The van der Waals surface area contributed by atoms with Gasteiger partial charge in [-0.05, 0) is 12.8 Å². The largest absolute Gasteiger partial charge is 0.461 e. The van der Waals surface area contributed by atoms with Crippen LogP contribution in [0.4, 0.5) is 4.39 Å². The zero-order valence-electron chi connectivity index (χ0n) is 8.95. The first-order chi connectivity index (χ1) is 7.07. The van der Waals surface area contributed by atoms with Gasteiger partial charge in [0.05, 0.1) is 12.3 Å². The van der Waals surface area contributed by atoms with Gasteiger partial charge in [-0.2, -0.15) is 0 Å². The molecule has 0 unspecified atom stereocenters. The SMILES string of the molecule is CCOC(=O)c1ncnc(C(C)C)c1F. The molecular weight excluding hydrogens is 199 g/mol. The fourth-order valence-corrected chi connectivity index (χ4v) is 1.13. The van der Waals surface area contributed by atoms with Gasteiger partial charge in [-0.3, -0.25) is 0 Å². The molecule has 82 valence electrons. The lowest BCUT2D eigenvalue weighted by Crippen LogP contribution is -2.13. The normalized spacial score (nSPS) is 10.5. The number of hydrogen-bond donors (Lipinski definition) is 0. The zero-order valence-corrected chi connectivity index (χ0v) is 8.95. The number of rotatable bonds is 3. The quantitative estimate of drug-likeness (QED) is 0.718. The molecule has 0 aliphatic carbocycles. The summed E-state index contributed by atoms with van der Waals surface area (Å²) in [5.41, 5.74) is -0.0661. The van der Waals surface area contributed by atoms with Gasteiger partial charge < -0.3 is 4.74 Å². The third kappa shape index (κ3) is 2.49. The Labute approximate surface area is 87.5 Å². The van der Waals surface area contributed by atoms with E-state index in [2.05, 4.69) is 14.7 Å². The summed E-state index contributed by atoms with van der Waals surface area (Å²) >= 11 is 0. The predicted octanol–water partition coefficient (Wildman–Crippen LogP) is 1.92. The van der Waals surface area contributed by atoms with Crippen molar-refractivity contribution in [3.8, 4) is 0 Å². The van der Waals surface area contributed by atoms with E-state index >= 15 is 0 Å². The fourth-order valence-electron chi connectivity index (χ4n) is 1.13. The molecule has 0 radical (unpaired) electrons. The van der Waals surface area contributed by atoms with Crippen molar-refractivity contribution in [2.45, 2.75) is 26.7 Å². The minimum absolute atomic E-state index is 0.0961. The Balaban J connectivity index is 3.09. The first-order valence-corrected chi connectivity index (χ1v) is 4.75. The van der Waals surface area contributed by atoms with E-state index < -0.39 is 11.8 Å². The molecule has 0 amide bonds. The van der Waals surface area contributed by atoms with Crippen molar-refractivity contribution in [3.05, 3.63) is 23.5 Å². The molecule has 0 fully saturated rings. The van der Waals surface area contributed by atoms with Crippen LogP contribution in [-0.2, 0) is 4.74 Å². The fraction of sp³-hybridized carbons (Fsp3) is 0.500. The van der Waals surface area contributed by atoms with E-state index in [-0.39, 0.29) is 23.9 Å². The highest BCUT2D eigenvalue weighted by molar-refractivity contribution is 5.87. The number of ether oxygens (including phenoxy) is 1. The van der Waals surface area contributed by atoms with Gasteiger partial charge in [0, 0.05) is 0 Å². The highest BCUT2D eigenvalue weighted by Crippen LogP contribution is 2.17. The molecule has 0 atom stereocenters. The molecular formula is C10H13FN2O2. The third-order valence-electron chi connectivity index (χ3n) is 1.83. The van der Waals surface area contributed by atoms with Crippen LogP contribution in [0.2, 0.25) is 0 Å². The molecule has 0 saturated heterocycles. The lowest BCUT2D eigenvalue weighted by Gasteiger charge is -2.07. The molecule has 0 saturated carbocycles. The van der Waals surface area contributed by atoms with Gasteiger partial charge >= 0.3 is 5.97 Å². The van der Waals surface area contributed by atoms with Crippen LogP contribution >= 0.6 is 0 Å². The average molecular weight is 212 g/mol. The molecule has 4 nitrogen and oxygen atoms in total. The smallest absolute Gasteiger partial charge is 0.360 e. The van der Waals surface area contributed by atoms with Gasteiger partial charge in [-0.25, -0.2) is 19.2 Å². The van der Waals surface area contributed by atoms with Crippen LogP contribution in [0.15, 0.2) is 6.33 Å². The van der Waals surface area contributed by atoms with Crippen molar-refractivity contribution in [2.24, 2.45) is 0 Å². The van der Waals surface area contributed by atoms with E-state index in [1.807, 2.05) is 0 Å². The Kier molecular flexibility index (Phi) is 3.71. The van der Waals surface area contributed by atoms with E-state index in [4.69, 9.17) is 0 Å². The molecule has 15 heavy (non-hydrogen) atoms. The predicted molar refractivity (Wildman–Crippen MR) is 52.0 cm³/mol. The van der Waals surface area contributed by atoms with E-state index in [0.29, 0.717) is 0 Å². The van der Waals surface area contributed by atoms with Crippen LogP contribution < -0.4 is 0 Å². The number of halogens is 1. The van der Waals surface area contributed by atoms with Crippen molar-refractivity contribution >= 4 is 5.97 Å². The monoisotopic (exact) mass is 212 g/mol. The van der Waals surface area contributed by atoms with Crippen molar-refractivity contribution in [1.29, 1.82) is 0 Å². The summed E-state index contributed by atoms with van der Waals surface area (Å²) in [6, 6.07) is 0. The van der Waals surface area contributed by atoms with Crippen molar-refractivity contribution in [2.75, 3.05) is 6.61 Å². The third-order valence-corrected chi connectivity index (χ3v) is 1.83. The van der Waals surface area contributed by atoms with Crippen LogP contribution in [0.1, 0.15) is 42.9 Å². The topological polar surface area (TPSA) is 52.1 Å². The number of carbonyl (C=O) groups excluding carboxylic acids is 1. The second-order valence-corrected chi connectivity index (χ2v) is 3.30. The molecule has 0 aliphatic heterocycles. The summed E-state index contributed by atoms with van der Waals surface area (Å²) in [7, 11) is 0. The van der Waals surface area contributed by atoms with E-state index in [9.17, 15) is 9.18 Å². The molecule has 0 aromatic carbocycles. The van der Waals surface area contributed by atoms with Crippen molar-refractivity contribution in [1.82, 2.24) is 9.97 Å². The van der Waals surface area contributed by atoms with Gasteiger partial charge in [-0.1, -0.05) is 13.8 Å². The molecule has 1 heterocycles. The maximum absolute atomic E-state index is 13.7. The zero-order chi connectivity index (χ0) is 11.4. The minimum Gasteiger partial charge on any atom is -0.461 e. The average Bonchev–Trinajstić information content (AvgIpc) is 2.17. The van der Waals surface area contributed by atoms with Crippen LogP contribution in [0, 0.1) is 5.82 Å². The van der Waals surface area contributed by atoms with Crippen molar-refractivity contribution in [3.63, 3.8) is 0 Å². The molecule has 1 rings (SSSR count). The standard InChI is InChI=1S/C10H13FN2O2/c1-4-15-10(14)9-7(11)8(6(2)3)12-5-13-9/h5-6H,4H2,1-3H3. The second-order valence-electron chi connectivity index (χ2n) is 3.30. The summed E-state index contributed by atoms with van der Waals surface area (Å²) in [4.78, 5) is 18.7. The number of nitrogens with zero attached hydrogens (tertiary/aromatic N) is 2. The van der Waals surface area contributed by atoms with Crippen LogP contribution in [0.5, 0.6) is 0 Å². The van der Waals surface area contributed by atoms with Crippen molar-refractivity contribution < 1.29 is 13.9 Å². The molecule has 0 N–H and O–H groups in total. The lowest BCUT2D eigenvalue weighted by atomic mass is 10.1. The van der Waals surface area contributed by atoms with E-state index in [1.165, 1.54) is 6.33 Å². The number of aromatic nitrogens is 2. The van der Waals surface area contributed by atoms with Crippen LogP contribution in [-0.4, -0.2) is 22.5 Å². The summed E-state index contributed by atoms with van der Waals surface area (Å²) < 4.78 is 18.3. The maximum atomic E-state index is 13.7. The molecule has 0 aliphatic rings. The number of carbonyl (C=O) groups is 1.